The van der Waals surface area contributed by atoms with Gasteiger partial charge in [-0.1, -0.05) is 29.8 Å². The van der Waals surface area contributed by atoms with E-state index < -0.39 is 0 Å². The van der Waals surface area contributed by atoms with Crippen LogP contribution in [0.15, 0.2) is 49.3 Å². The van der Waals surface area contributed by atoms with E-state index >= 15 is 0 Å². The number of anilines is 3. The van der Waals surface area contributed by atoms with E-state index in [2.05, 4.69) is 32.1 Å². The van der Waals surface area contributed by atoms with Crippen LogP contribution < -0.4 is 15.5 Å². The lowest BCUT2D eigenvalue weighted by atomic mass is 10.1. The number of rotatable bonds is 5. The smallest absolute Gasteiger partial charge is 0.243 e. The van der Waals surface area contributed by atoms with Crippen LogP contribution >= 0.6 is 23.2 Å². The van der Waals surface area contributed by atoms with Crippen molar-refractivity contribution in [1.29, 1.82) is 0 Å². The minimum absolute atomic E-state index is 0.0869. The highest BCUT2D eigenvalue weighted by molar-refractivity contribution is 6.42. The summed E-state index contributed by atoms with van der Waals surface area (Å²) < 4.78 is 0. The molecule has 1 aromatic carbocycles. The number of nitrogens with one attached hydrogen (secondary N) is 2. The molecule has 0 bridgehead atoms. The number of nitrogens with zero attached hydrogens (tertiary/aromatic N) is 4. The van der Waals surface area contributed by atoms with Gasteiger partial charge in [0.05, 0.1) is 21.6 Å². The number of carbonyl (C=O) groups is 1. The summed E-state index contributed by atoms with van der Waals surface area (Å²) in [6.45, 7) is 4.83. The summed E-state index contributed by atoms with van der Waals surface area (Å²) in [6.07, 6.45) is 2.75. The van der Waals surface area contributed by atoms with Crippen LogP contribution in [0.25, 0.3) is 11.0 Å². The minimum Gasteiger partial charge on any atom is -0.352 e. The summed E-state index contributed by atoms with van der Waals surface area (Å²) in [5, 5.41) is 7.02. The Bertz CT molecular complexity index is 1070. The topological polar surface area (TPSA) is 83.0 Å². The van der Waals surface area contributed by atoms with Crippen molar-refractivity contribution in [1.82, 2.24) is 20.3 Å². The third-order valence-corrected chi connectivity index (χ3v) is 5.13. The van der Waals surface area contributed by atoms with Gasteiger partial charge in [-0.05, 0) is 36.4 Å². The van der Waals surface area contributed by atoms with E-state index in [9.17, 15) is 4.79 Å². The third-order valence-electron chi connectivity index (χ3n) is 4.39. The van der Waals surface area contributed by atoms with Crippen LogP contribution in [0.4, 0.5) is 17.3 Å². The van der Waals surface area contributed by atoms with E-state index in [1.54, 1.807) is 12.1 Å². The van der Waals surface area contributed by atoms with E-state index in [0.29, 0.717) is 34.5 Å². The van der Waals surface area contributed by atoms with Crippen LogP contribution in [0.5, 0.6) is 0 Å². The molecule has 4 rings (SSSR count). The largest absolute Gasteiger partial charge is 0.352 e. The van der Waals surface area contributed by atoms with Crippen LogP contribution in [-0.4, -0.2) is 40.0 Å². The van der Waals surface area contributed by atoms with E-state index in [-0.39, 0.29) is 11.9 Å². The normalized spacial score (nSPS) is 13.9. The van der Waals surface area contributed by atoms with Crippen molar-refractivity contribution in [2.75, 3.05) is 23.3 Å². The molecule has 9 heteroatoms. The van der Waals surface area contributed by atoms with Crippen molar-refractivity contribution in [2.24, 2.45) is 0 Å². The first-order valence-electron chi connectivity index (χ1n) is 8.55. The molecule has 2 aromatic heterocycles. The van der Waals surface area contributed by atoms with Gasteiger partial charge in [-0.3, -0.25) is 4.79 Å². The summed E-state index contributed by atoms with van der Waals surface area (Å²) in [5.41, 5.74) is 2.11. The number of hydrogen-bond acceptors (Lipinski definition) is 6. The molecule has 1 aliphatic rings. The quantitative estimate of drug-likeness (QED) is 0.620. The zero-order valence-corrected chi connectivity index (χ0v) is 16.2. The Morgan fingerprint density at radius 3 is 2.75 bits per heavy atom. The number of benzene rings is 1. The fourth-order valence-corrected chi connectivity index (χ4v) is 3.22. The van der Waals surface area contributed by atoms with Crippen molar-refractivity contribution >= 4 is 57.5 Å². The third kappa shape index (κ3) is 3.72. The summed E-state index contributed by atoms with van der Waals surface area (Å²) in [4.78, 5) is 26.8. The monoisotopic (exact) mass is 414 g/mol. The van der Waals surface area contributed by atoms with Crippen LogP contribution in [0.2, 0.25) is 10.0 Å². The Hall–Kier alpha value is -2.90. The van der Waals surface area contributed by atoms with Crippen LogP contribution in [0, 0.1) is 0 Å². The van der Waals surface area contributed by atoms with Gasteiger partial charge in [-0.2, -0.15) is 0 Å². The standard InChI is InChI=1S/C19H16Cl2N6O/c1-2-17(28)24-12-8-27(9-12)16-6-5-15-18(26-16)19(23-10-22-15)25-11-3-4-13(20)14(21)7-11/h2-7,10,12H,1,8-9H2,(H,24,28)(H,22,23,25). The molecule has 0 radical (unpaired) electrons. The highest BCUT2D eigenvalue weighted by Gasteiger charge is 2.28. The lowest BCUT2D eigenvalue weighted by Crippen LogP contribution is -2.59. The van der Waals surface area contributed by atoms with E-state index in [1.165, 1.54) is 12.4 Å². The van der Waals surface area contributed by atoms with Crippen molar-refractivity contribution in [3.8, 4) is 0 Å². The number of amides is 1. The maximum atomic E-state index is 11.4. The molecule has 1 fully saturated rings. The van der Waals surface area contributed by atoms with Crippen LogP contribution in [-0.2, 0) is 4.79 Å². The molecule has 0 spiro atoms. The van der Waals surface area contributed by atoms with Gasteiger partial charge in [0, 0.05) is 18.8 Å². The van der Waals surface area contributed by atoms with Gasteiger partial charge in [0.1, 0.15) is 17.7 Å². The molecule has 28 heavy (non-hydrogen) atoms. The number of halogens is 2. The number of aromatic nitrogens is 3. The van der Waals surface area contributed by atoms with Gasteiger partial charge < -0.3 is 15.5 Å². The fraction of sp³-hybridized carbons (Fsp3) is 0.158. The average Bonchev–Trinajstić information content (AvgIpc) is 2.67. The molecular weight excluding hydrogens is 399 g/mol. The molecule has 1 aliphatic heterocycles. The lowest BCUT2D eigenvalue weighted by Gasteiger charge is -2.40. The predicted molar refractivity (Wildman–Crippen MR) is 111 cm³/mol. The Labute approximate surface area is 171 Å². The van der Waals surface area contributed by atoms with Gasteiger partial charge in [0.2, 0.25) is 5.91 Å². The van der Waals surface area contributed by atoms with Crippen LogP contribution in [0.1, 0.15) is 0 Å². The SMILES string of the molecule is C=CC(=O)NC1CN(c2ccc3ncnc(Nc4ccc(Cl)c(Cl)c4)c3n2)C1. The van der Waals surface area contributed by atoms with E-state index in [4.69, 9.17) is 28.2 Å². The summed E-state index contributed by atoms with van der Waals surface area (Å²) in [6, 6.07) is 9.15. The first-order valence-corrected chi connectivity index (χ1v) is 9.31. The van der Waals surface area contributed by atoms with E-state index in [1.807, 2.05) is 18.2 Å². The Kier molecular flexibility index (Phi) is 5.02. The highest BCUT2D eigenvalue weighted by Crippen LogP contribution is 2.29. The maximum Gasteiger partial charge on any atom is 0.243 e. The molecule has 2 N–H and O–H groups in total. The molecule has 3 aromatic rings. The van der Waals surface area contributed by atoms with Crippen molar-refractivity contribution < 1.29 is 4.79 Å². The molecule has 0 aliphatic carbocycles. The molecule has 7 nitrogen and oxygen atoms in total. The second kappa shape index (κ2) is 7.61. The first kappa shape index (κ1) is 18.5. The highest BCUT2D eigenvalue weighted by atomic mass is 35.5. The Balaban J connectivity index is 1.57. The molecule has 142 valence electrons. The first-order chi connectivity index (χ1) is 13.5. The lowest BCUT2D eigenvalue weighted by molar-refractivity contribution is -0.117. The number of hydrogen-bond donors (Lipinski definition) is 2. The van der Waals surface area contributed by atoms with Gasteiger partial charge >= 0.3 is 0 Å². The maximum absolute atomic E-state index is 11.4. The van der Waals surface area contributed by atoms with Gasteiger partial charge in [0.15, 0.2) is 5.82 Å². The molecular formula is C19H16Cl2N6O. The second-order valence-electron chi connectivity index (χ2n) is 6.33. The summed E-state index contributed by atoms with van der Waals surface area (Å²) in [5.74, 6) is 1.20. The summed E-state index contributed by atoms with van der Waals surface area (Å²) in [7, 11) is 0. The molecule has 1 amide bonds. The van der Waals surface area contributed by atoms with Crippen molar-refractivity contribution in [3.05, 3.63) is 59.4 Å². The number of pyridine rings is 1. The van der Waals surface area contributed by atoms with Crippen molar-refractivity contribution in [3.63, 3.8) is 0 Å². The van der Waals surface area contributed by atoms with E-state index in [0.717, 1.165) is 17.0 Å². The second-order valence-corrected chi connectivity index (χ2v) is 7.14. The summed E-state index contributed by atoms with van der Waals surface area (Å²) >= 11 is 12.1. The predicted octanol–water partition coefficient (Wildman–Crippen LogP) is 3.57. The fourth-order valence-electron chi connectivity index (χ4n) is 2.93. The zero-order chi connectivity index (χ0) is 19.7. The zero-order valence-electron chi connectivity index (χ0n) is 14.7. The molecule has 0 atom stereocenters. The Morgan fingerprint density at radius 2 is 2.00 bits per heavy atom. The van der Waals surface area contributed by atoms with Crippen molar-refractivity contribution in [2.45, 2.75) is 6.04 Å². The van der Waals surface area contributed by atoms with Gasteiger partial charge in [-0.15, -0.1) is 0 Å². The number of fused-ring (bicyclic) bond motifs is 1. The molecule has 1 saturated heterocycles. The minimum atomic E-state index is -0.169. The molecule has 3 heterocycles. The van der Waals surface area contributed by atoms with Gasteiger partial charge in [0.25, 0.3) is 0 Å². The Morgan fingerprint density at radius 1 is 1.18 bits per heavy atom. The van der Waals surface area contributed by atoms with Gasteiger partial charge in [-0.25, -0.2) is 15.0 Å². The number of carbonyl (C=O) groups excluding carboxylic acids is 1. The molecule has 0 unspecified atom stereocenters. The molecule has 0 saturated carbocycles. The van der Waals surface area contributed by atoms with Crippen LogP contribution in [0.3, 0.4) is 0 Å². The average molecular weight is 415 g/mol.